The van der Waals surface area contributed by atoms with Crippen molar-refractivity contribution in [2.45, 2.75) is 26.0 Å². The summed E-state index contributed by atoms with van der Waals surface area (Å²) in [7, 11) is 0. The topological polar surface area (TPSA) is 62.8 Å². The molecule has 0 aromatic heterocycles. The number of hydrogen-bond acceptors (Lipinski definition) is 4. The van der Waals surface area contributed by atoms with Gasteiger partial charge in [0.1, 0.15) is 12.4 Å². The van der Waals surface area contributed by atoms with Gasteiger partial charge in [-0.3, -0.25) is 0 Å². The molecule has 1 aromatic rings. The van der Waals surface area contributed by atoms with E-state index >= 15 is 0 Å². The molecule has 2 aliphatic heterocycles. The molecule has 0 bridgehead atoms. The lowest BCUT2D eigenvalue weighted by Gasteiger charge is -2.22. The highest BCUT2D eigenvalue weighted by atomic mass is 16.5. The SMILES string of the molecule is CC1CN(C(=O)Nc2ccc3c(c2)CNCCO3)CCCO1. The minimum atomic E-state index is -0.0696. The molecule has 2 amide bonds. The average Bonchev–Trinajstić information content (AvgIpc) is 2.86. The van der Waals surface area contributed by atoms with Crippen LogP contribution in [0, 0.1) is 0 Å². The number of rotatable bonds is 1. The summed E-state index contributed by atoms with van der Waals surface area (Å²) in [4.78, 5) is 14.2. The van der Waals surface area contributed by atoms with Gasteiger partial charge in [-0.1, -0.05) is 0 Å². The molecule has 6 nitrogen and oxygen atoms in total. The Morgan fingerprint density at radius 3 is 3.23 bits per heavy atom. The summed E-state index contributed by atoms with van der Waals surface area (Å²) in [6.07, 6.45) is 0.956. The van der Waals surface area contributed by atoms with Crippen LogP contribution >= 0.6 is 0 Å². The first-order chi connectivity index (χ1) is 10.7. The third kappa shape index (κ3) is 3.69. The zero-order chi connectivity index (χ0) is 15.4. The molecule has 0 saturated carbocycles. The largest absolute Gasteiger partial charge is 0.492 e. The first-order valence-corrected chi connectivity index (χ1v) is 7.86. The van der Waals surface area contributed by atoms with Crippen LogP contribution in [-0.4, -0.2) is 49.9 Å². The van der Waals surface area contributed by atoms with Crippen molar-refractivity contribution in [1.29, 1.82) is 0 Å². The van der Waals surface area contributed by atoms with E-state index in [1.807, 2.05) is 30.0 Å². The number of nitrogens with one attached hydrogen (secondary N) is 2. The zero-order valence-electron chi connectivity index (χ0n) is 12.9. The van der Waals surface area contributed by atoms with E-state index < -0.39 is 0 Å². The molecule has 1 fully saturated rings. The summed E-state index contributed by atoms with van der Waals surface area (Å²) in [5, 5.41) is 6.28. The van der Waals surface area contributed by atoms with Gasteiger partial charge in [0, 0.05) is 44.0 Å². The van der Waals surface area contributed by atoms with Crippen LogP contribution in [0.1, 0.15) is 18.9 Å². The number of anilines is 1. The lowest BCUT2D eigenvalue weighted by molar-refractivity contribution is 0.0718. The second-order valence-corrected chi connectivity index (χ2v) is 5.76. The number of nitrogens with zero attached hydrogens (tertiary/aromatic N) is 1. The molecule has 3 rings (SSSR count). The van der Waals surface area contributed by atoms with Crippen molar-refractivity contribution in [2.24, 2.45) is 0 Å². The highest BCUT2D eigenvalue weighted by Gasteiger charge is 2.20. The highest BCUT2D eigenvalue weighted by Crippen LogP contribution is 2.24. The van der Waals surface area contributed by atoms with Gasteiger partial charge >= 0.3 is 6.03 Å². The molecule has 1 saturated heterocycles. The number of amides is 2. The predicted octanol–water partition coefficient (Wildman–Crippen LogP) is 1.81. The Kier molecular flexibility index (Phi) is 4.80. The van der Waals surface area contributed by atoms with Crippen LogP contribution in [0.2, 0.25) is 0 Å². The van der Waals surface area contributed by atoms with Crippen molar-refractivity contribution in [3.05, 3.63) is 23.8 Å². The second kappa shape index (κ2) is 6.98. The number of carbonyl (C=O) groups is 1. The van der Waals surface area contributed by atoms with Gasteiger partial charge < -0.3 is 25.0 Å². The monoisotopic (exact) mass is 305 g/mol. The molecule has 1 aromatic carbocycles. The van der Waals surface area contributed by atoms with Crippen molar-refractivity contribution < 1.29 is 14.3 Å². The van der Waals surface area contributed by atoms with Crippen LogP contribution in [0.15, 0.2) is 18.2 Å². The molecule has 0 radical (unpaired) electrons. The number of benzene rings is 1. The van der Waals surface area contributed by atoms with E-state index in [2.05, 4.69) is 10.6 Å². The number of carbonyl (C=O) groups excluding carboxylic acids is 1. The fourth-order valence-electron chi connectivity index (χ4n) is 2.77. The molecule has 1 unspecified atom stereocenters. The van der Waals surface area contributed by atoms with Crippen molar-refractivity contribution >= 4 is 11.7 Å². The molecule has 0 spiro atoms. The summed E-state index contributed by atoms with van der Waals surface area (Å²) in [5.74, 6) is 0.889. The van der Waals surface area contributed by atoms with Gasteiger partial charge in [-0.05, 0) is 31.5 Å². The van der Waals surface area contributed by atoms with Gasteiger partial charge in [0.05, 0.1) is 6.10 Å². The number of urea groups is 1. The van der Waals surface area contributed by atoms with Crippen LogP contribution in [-0.2, 0) is 11.3 Å². The number of hydrogen-bond donors (Lipinski definition) is 2. The van der Waals surface area contributed by atoms with Gasteiger partial charge in [0.2, 0.25) is 0 Å². The number of fused-ring (bicyclic) bond motifs is 1. The Morgan fingerprint density at radius 2 is 2.32 bits per heavy atom. The summed E-state index contributed by atoms with van der Waals surface area (Å²) in [5.41, 5.74) is 1.87. The summed E-state index contributed by atoms with van der Waals surface area (Å²) in [6.45, 7) is 6.33. The maximum atomic E-state index is 12.4. The van der Waals surface area contributed by atoms with E-state index in [1.165, 1.54) is 0 Å². The Morgan fingerprint density at radius 1 is 1.41 bits per heavy atom. The first kappa shape index (κ1) is 15.1. The van der Waals surface area contributed by atoms with E-state index in [1.54, 1.807) is 0 Å². The Balaban J connectivity index is 1.67. The molecule has 6 heteroatoms. The highest BCUT2D eigenvalue weighted by molar-refractivity contribution is 5.89. The average molecular weight is 305 g/mol. The minimum Gasteiger partial charge on any atom is -0.492 e. The quantitative estimate of drug-likeness (QED) is 0.830. The van der Waals surface area contributed by atoms with Crippen molar-refractivity contribution in [1.82, 2.24) is 10.2 Å². The molecular formula is C16H23N3O3. The van der Waals surface area contributed by atoms with E-state index in [9.17, 15) is 4.79 Å². The van der Waals surface area contributed by atoms with Crippen LogP contribution in [0.5, 0.6) is 5.75 Å². The number of ether oxygens (including phenoxy) is 2. The van der Waals surface area contributed by atoms with Crippen LogP contribution in [0.25, 0.3) is 0 Å². The van der Waals surface area contributed by atoms with Crippen molar-refractivity contribution in [3.63, 3.8) is 0 Å². The third-order valence-electron chi connectivity index (χ3n) is 3.90. The molecule has 2 N–H and O–H groups in total. The fraction of sp³-hybridized carbons (Fsp3) is 0.562. The lowest BCUT2D eigenvalue weighted by atomic mass is 10.1. The first-order valence-electron chi connectivity index (χ1n) is 7.86. The summed E-state index contributed by atoms with van der Waals surface area (Å²) < 4.78 is 11.2. The minimum absolute atomic E-state index is 0.0696. The molecule has 2 heterocycles. The molecule has 120 valence electrons. The zero-order valence-corrected chi connectivity index (χ0v) is 12.9. The van der Waals surface area contributed by atoms with Crippen molar-refractivity contribution in [2.75, 3.05) is 38.2 Å². The van der Waals surface area contributed by atoms with E-state index in [4.69, 9.17) is 9.47 Å². The van der Waals surface area contributed by atoms with Gasteiger partial charge in [-0.2, -0.15) is 0 Å². The normalized spacial score (nSPS) is 22.0. The fourth-order valence-corrected chi connectivity index (χ4v) is 2.77. The van der Waals surface area contributed by atoms with Gasteiger partial charge in [0.15, 0.2) is 0 Å². The van der Waals surface area contributed by atoms with Crippen LogP contribution in [0.4, 0.5) is 10.5 Å². The van der Waals surface area contributed by atoms with Crippen LogP contribution in [0.3, 0.4) is 0 Å². The maximum Gasteiger partial charge on any atom is 0.321 e. The van der Waals surface area contributed by atoms with E-state index in [0.29, 0.717) is 19.8 Å². The Labute approximate surface area is 130 Å². The van der Waals surface area contributed by atoms with Crippen LogP contribution < -0.4 is 15.4 Å². The standard InChI is InChI=1S/C16H23N3O3/c1-12-11-19(6-2-7-21-12)16(20)18-14-3-4-15-13(9-14)10-17-5-8-22-15/h3-4,9,12,17H,2,5-8,10-11H2,1H3,(H,18,20). The second-order valence-electron chi connectivity index (χ2n) is 5.76. The van der Waals surface area contributed by atoms with Gasteiger partial charge in [-0.25, -0.2) is 4.79 Å². The lowest BCUT2D eigenvalue weighted by Crippen LogP contribution is -2.38. The Hall–Kier alpha value is -1.79. The molecule has 1 atom stereocenters. The van der Waals surface area contributed by atoms with Gasteiger partial charge in [-0.15, -0.1) is 0 Å². The molecule has 22 heavy (non-hydrogen) atoms. The van der Waals surface area contributed by atoms with Gasteiger partial charge in [0.25, 0.3) is 0 Å². The van der Waals surface area contributed by atoms with E-state index in [0.717, 1.165) is 43.1 Å². The van der Waals surface area contributed by atoms with Crippen molar-refractivity contribution in [3.8, 4) is 5.75 Å². The smallest absolute Gasteiger partial charge is 0.321 e. The maximum absolute atomic E-state index is 12.4. The molecule has 2 aliphatic rings. The molecular weight excluding hydrogens is 282 g/mol. The third-order valence-corrected chi connectivity index (χ3v) is 3.90. The summed E-state index contributed by atoms with van der Waals surface area (Å²) in [6, 6.07) is 5.72. The summed E-state index contributed by atoms with van der Waals surface area (Å²) >= 11 is 0. The van der Waals surface area contributed by atoms with E-state index in [-0.39, 0.29) is 12.1 Å². The molecule has 0 aliphatic carbocycles. The predicted molar refractivity (Wildman–Crippen MR) is 84.3 cm³/mol. The Bertz CT molecular complexity index is 535.